The highest BCUT2D eigenvalue weighted by molar-refractivity contribution is 5.90. The van der Waals surface area contributed by atoms with E-state index in [0.717, 1.165) is 6.54 Å². The lowest BCUT2D eigenvalue weighted by atomic mass is 9.99. The molecule has 0 radical (unpaired) electrons. The van der Waals surface area contributed by atoms with Gasteiger partial charge < -0.3 is 46.5 Å². The SMILES string of the molecule is CNCCOCCOCCNC(=O)CCC(=O)NCCN(CCNC(C)(C)/C(C)=N\O)CCNC(C)(C)/C(C)=N\O. The van der Waals surface area contributed by atoms with Crippen LogP contribution in [0.5, 0.6) is 0 Å². The summed E-state index contributed by atoms with van der Waals surface area (Å²) in [6, 6.07) is 0. The van der Waals surface area contributed by atoms with Crippen molar-refractivity contribution in [2.45, 2.75) is 65.5 Å². The predicted molar refractivity (Wildman–Crippen MR) is 161 cm³/mol. The summed E-state index contributed by atoms with van der Waals surface area (Å²) in [5, 5.41) is 40.3. The molecule has 0 bridgehead atoms. The number of oxime groups is 2. The highest BCUT2D eigenvalue weighted by atomic mass is 16.5. The van der Waals surface area contributed by atoms with E-state index in [1.165, 1.54) is 0 Å². The van der Waals surface area contributed by atoms with Crippen LogP contribution in [0.4, 0.5) is 0 Å². The zero-order valence-corrected chi connectivity index (χ0v) is 26.3. The lowest BCUT2D eigenvalue weighted by Crippen LogP contribution is -2.51. The second kappa shape index (κ2) is 22.3. The number of carbonyl (C=O) groups is 2. The minimum atomic E-state index is -0.461. The summed E-state index contributed by atoms with van der Waals surface area (Å²) in [5.41, 5.74) is 0.245. The molecule has 0 aromatic rings. The van der Waals surface area contributed by atoms with Crippen LogP contribution in [0.15, 0.2) is 10.3 Å². The molecular formula is C27H56N8O6. The van der Waals surface area contributed by atoms with Crippen molar-refractivity contribution in [3.63, 3.8) is 0 Å². The van der Waals surface area contributed by atoms with E-state index in [2.05, 4.69) is 41.8 Å². The summed E-state index contributed by atoms with van der Waals surface area (Å²) < 4.78 is 10.8. The molecule has 0 heterocycles. The van der Waals surface area contributed by atoms with Crippen molar-refractivity contribution in [3.05, 3.63) is 0 Å². The van der Waals surface area contributed by atoms with Crippen LogP contribution >= 0.6 is 0 Å². The molecule has 0 aliphatic heterocycles. The van der Waals surface area contributed by atoms with Gasteiger partial charge in [0.05, 0.1) is 48.9 Å². The van der Waals surface area contributed by atoms with Crippen LogP contribution in [-0.2, 0) is 19.1 Å². The largest absolute Gasteiger partial charge is 0.411 e. The fourth-order valence-electron chi connectivity index (χ4n) is 3.41. The van der Waals surface area contributed by atoms with E-state index >= 15 is 0 Å². The van der Waals surface area contributed by atoms with Gasteiger partial charge in [-0.3, -0.25) is 14.5 Å². The molecule has 14 heteroatoms. The Morgan fingerprint density at radius 2 is 1.10 bits per heavy atom. The minimum Gasteiger partial charge on any atom is -0.411 e. The molecule has 0 atom stereocenters. The van der Waals surface area contributed by atoms with Gasteiger partial charge in [0.2, 0.25) is 11.8 Å². The Kier molecular flexibility index (Phi) is 21.0. The minimum absolute atomic E-state index is 0.108. The first-order valence-corrected chi connectivity index (χ1v) is 14.3. The van der Waals surface area contributed by atoms with Gasteiger partial charge in [0.1, 0.15) is 0 Å². The van der Waals surface area contributed by atoms with Gasteiger partial charge in [-0.25, -0.2) is 0 Å². The van der Waals surface area contributed by atoms with E-state index in [1.807, 2.05) is 34.7 Å². The second-order valence-electron chi connectivity index (χ2n) is 10.8. The number of amides is 2. The lowest BCUT2D eigenvalue weighted by molar-refractivity contribution is -0.126. The smallest absolute Gasteiger partial charge is 0.220 e. The van der Waals surface area contributed by atoms with Crippen LogP contribution in [0.3, 0.4) is 0 Å². The molecule has 0 fully saturated rings. The van der Waals surface area contributed by atoms with E-state index in [9.17, 15) is 9.59 Å². The summed E-state index contributed by atoms with van der Waals surface area (Å²) in [4.78, 5) is 26.5. The van der Waals surface area contributed by atoms with Gasteiger partial charge in [-0.2, -0.15) is 0 Å². The van der Waals surface area contributed by atoms with Crippen LogP contribution in [0.2, 0.25) is 0 Å². The topological polar surface area (TPSA) is 181 Å². The summed E-state index contributed by atoms with van der Waals surface area (Å²) in [6.45, 7) is 18.2. The Hall–Kier alpha value is -2.36. The maximum Gasteiger partial charge on any atom is 0.220 e. The monoisotopic (exact) mass is 588 g/mol. The van der Waals surface area contributed by atoms with Crippen LogP contribution < -0.4 is 26.6 Å². The van der Waals surface area contributed by atoms with Crippen LogP contribution in [-0.4, -0.2) is 135 Å². The molecule has 0 aromatic heterocycles. The third-order valence-electron chi connectivity index (χ3n) is 6.87. The second-order valence-corrected chi connectivity index (χ2v) is 10.8. The molecule has 0 aliphatic carbocycles. The standard InChI is InChI=1S/C27H56N8O6/c1-22(33-38)26(3,4)31-11-16-35(17-12-32-27(5,6)23(2)34-39)15-10-29-24(36)8-9-25(37)30-14-19-41-21-20-40-18-13-28-7/h28,31-32,38-39H,8-21H2,1-7H3,(H,29,36)(H,30,37)/b33-22-,34-23-. The molecule has 2 amide bonds. The van der Waals surface area contributed by atoms with Gasteiger partial charge in [-0.1, -0.05) is 10.3 Å². The van der Waals surface area contributed by atoms with E-state index in [1.54, 1.807) is 13.8 Å². The first kappa shape index (κ1) is 38.6. The highest BCUT2D eigenvalue weighted by Gasteiger charge is 2.23. The van der Waals surface area contributed by atoms with Gasteiger partial charge in [-0.15, -0.1) is 0 Å². The zero-order chi connectivity index (χ0) is 31.2. The number of hydrogen-bond acceptors (Lipinski definition) is 12. The van der Waals surface area contributed by atoms with E-state index in [0.29, 0.717) is 83.7 Å². The fraction of sp³-hybridized carbons (Fsp3) is 0.852. The van der Waals surface area contributed by atoms with Gasteiger partial charge >= 0.3 is 0 Å². The molecule has 0 unspecified atom stereocenters. The highest BCUT2D eigenvalue weighted by Crippen LogP contribution is 2.06. The average molecular weight is 589 g/mol. The number of rotatable bonds is 25. The number of ether oxygens (including phenoxy) is 2. The molecule has 0 saturated carbocycles. The Morgan fingerprint density at radius 3 is 1.54 bits per heavy atom. The molecule has 0 aliphatic rings. The van der Waals surface area contributed by atoms with Crippen molar-refractivity contribution in [1.82, 2.24) is 31.5 Å². The number of hydrogen-bond donors (Lipinski definition) is 7. The van der Waals surface area contributed by atoms with Crippen LogP contribution in [0.1, 0.15) is 54.4 Å². The predicted octanol–water partition coefficient (Wildman–Crippen LogP) is -0.00980. The van der Waals surface area contributed by atoms with E-state index in [-0.39, 0.29) is 24.7 Å². The Morgan fingerprint density at radius 1 is 0.683 bits per heavy atom. The van der Waals surface area contributed by atoms with Crippen LogP contribution in [0, 0.1) is 0 Å². The Labute approximate surface area is 246 Å². The molecule has 7 N–H and O–H groups in total. The van der Waals surface area contributed by atoms with Gasteiger partial charge in [0.15, 0.2) is 0 Å². The first-order valence-electron chi connectivity index (χ1n) is 14.3. The zero-order valence-electron chi connectivity index (χ0n) is 26.3. The average Bonchev–Trinajstić information content (AvgIpc) is 2.93. The summed E-state index contributed by atoms with van der Waals surface area (Å²) in [6.07, 6.45) is 0.217. The quantitative estimate of drug-likeness (QED) is 0.0332. The first-order chi connectivity index (χ1) is 19.4. The maximum atomic E-state index is 12.3. The molecule has 0 saturated heterocycles. The number of carbonyl (C=O) groups excluding carboxylic acids is 2. The van der Waals surface area contributed by atoms with Gasteiger partial charge in [0, 0.05) is 65.2 Å². The molecule has 0 aromatic carbocycles. The van der Waals surface area contributed by atoms with Crippen molar-refractivity contribution in [3.8, 4) is 0 Å². The maximum absolute atomic E-state index is 12.3. The summed E-state index contributed by atoms with van der Waals surface area (Å²) in [7, 11) is 1.86. The third-order valence-corrected chi connectivity index (χ3v) is 6.87. The molecule has 0 rings (SSSR count). The number of likely N-dealkylation sites (N-methyl/N-ethyl adjacent to an activating group) is 1. The van der Waals surface area contributed by atoms with Gasteiger partial charge in [0.25, 0.3) is 0 Å². The number of nitrogens with one attached hydrogen (secondary N) is 5. The van der Waals surface area contributed by atoms with Crippen molar-refractivity contribution in [1.29, 1.82) is 0 Å². The van der Waals surface area contributed by atoms with Crippen LogP contribution in [0.25, 0.3) is 0 Å². The molecule has 14 nitrogen and oxygen atoms in total. The normalized spacial score (nSPS) is 13.1. The van der Waals surface area contributed by atoms with Gasteiger partial charge in [-0.05, 0) is 48.6 Å². The molecule has 41 heavy (non-hydrogen) atoms. The molecule has 0 spiro atoms. The molecule has 240 valence electrons. The summed E-state index contributed by atoms with van der Waals surface area (Å²) >= 11 is 0. The Balaban J connectivity index is 4.45. The van der Waals surface area contributed by atoms with E-state index < -0.39 is 11.1 Å². The molecular weight excluding hydrogens is 532 g/mol. The van der Waals surface area contributed by atoms with Crippen molar-refractivity contribution < 1.29 is 29.5 Å². The van der Waals surface area contributed by atoms with Crippen molar-refractivity contribution >= 4 is 23.2 Å². The van der Waals surface area contributed by atoms with E-state index in [4.69, 9.17) is 19.9 Å². The van der Waals surface area contributed by atoms with Crippen molar-refractivity contribution in [2.24, 2.45) is 10.3 Å². The third kappa shape index (κ3) is 19.4. The fourth-order valence-corrected chi connectivity index (χ4v) is 3.41. The Bertz CT molecular complexity index is 756. The number of nitrogens with zero attached hydrogens (tertiary/aromatic N) is 3. The lowest BCUT2D eigenvalue weighted by Gasteiger charge is -2.30. The van der Waals surface area contributed by atoms with Crippen molar-refractivity contribution in [2.75, 3.05) is 85.8 Å². The summed E-state index contributed by atoms with van der Waals surface area (Å²) in [5.74, 6) is -0.375.